The Kier molecular flexibility index (Phi) is 3.96. The Morgan fingerprint density at radius 1 is 0.857 bits per heavy atom. The molecule has 3 aliphatic rings. The normalized spacial score (nSPS) is 32.5. The van der Waals surface area contributed by atoms with Crippen LogP contribution in [0.2, 0.25) is 0 Å². The number of benzene rings is 2. The van der Waals surface area contributed by atoms with Gasteiger partial charge in [0, 0.05) is 24.7 Å². The van der Waals surface area contributed by atoms with Gasteiger partial charge in [0.2, 0.25) is 0 Å². The first-order valence-corrected chi connectivity index (χ1v) is 10.6. The predicted octanol–water partition coefficient (Wildman–Crippen LogP) is 4.16. The number of quaternary nitrogens is 1. The maximum absolute atomic E-state index is 13.6. The van der Waals surface area contributed by atoms with E-state index in [9.17, 15) is 4.79 Å². The minimum Gasteiger partial charge on any atom is -0.461 e. The number of hydrogen-bond acceptors (Lipinski definition) is 2. The molecule has 28 heavy (non-hydrogen) atoms. The van der Waals surface area contributed by atoms with Gasteiger partial charge in [0.05, 0.1) is 26.2 Å². The highest BCUT2D eigenvalue weighted by atomic mass is 16.5. The van der Waals surface area contributed by atoms with Crippen LogP contribution in [0, 0.1) is 11.8 Å². The molecule has 0 spiro atoms. The molecule has 146 valence electrons. The summed E-state index contributed by atoms with van der Waals surface area (Å²) in [4.78, 5) is 13.6. The molecule has 5 rings (SSSR count). The van der Waals surface area contributed by atoms with Gasteiger partial charge >= 0.3 is 5.97 Å². The SMILES string of the molecule is CC(C(=O)OC1CC2C3C[C@H]3C(C1)[N+]2(C)C)(c1ccccc1)c1ccccc1. The topological polar surface area (TPSA) is 26.3 Å². The molecule has 2 saturated heterocycles. The molecule has 0 N–H and O–H groups in total. The zero-order valence-electron chi connectivity index (χ0n) is 17.0. The number of carbonyl (C=O) groups is 1. The number of fused-ring (bicyclic) bond motifs is 5. The first-order valence-electron chi connectivity index (χ1n) is 10.6. The second kappa shape index (κ2) is 6.18. The number of piperidine rings is 2. The largest absolute Gasteiger partial charge is 0.461 e. The number of carbonyl (C=O) groups excluding carboxylic acids is 1. The van der Waals surface area contributed by atoms with Crippen LogP contribution in [-0.4, -0.2) is 42.7 Å². The minimum atomic E-state index is -0.785. The summed E-state index contributed by atoms with van der Waals surface area (Å²) in [5.41, 5.74) is 1.19. The predicted molar refractivity (Wildman–Crippen MR) is 110 cm³/mol. The van der Waals surface area contributed by atoms with Crippen molar-refractivity contribution in [2.75, 3.05) is 14.1 Å². The van der Waals surface area contributed by atoms with Crippen molar-refractivity contribution in [3.05, 3.63) is 71.8 Å². The van der Waals surface area contributed by atoms with Gasteiger partial charge in [0.25, 0.3) is 0 Å². The lowest BCUT2D eigenvalue weighted by Crippen LogP contribution is -2.59. The summed E-state index contributed by atoms with van der Waals surface area (Å²) in [6.45, 7) is 2.01. The van der Waals surface area contributed by atoms with Gasteiger partial charge in [-0.1, -0.05) is 60.7 Å². The fourth-order valence-corrected chi connectivity index (χ4v) is 6.19. The Morgan fingerprint density at radius 3 is 1.79 bits per heavy atom. The zero-order valence-corrected chi connectivity index (χ0v) is 17.0. The summed E-state index contributed by atoms with van der Waals surface area (Å²) >= 11 is 0. The Balaban J connectivity index is 1.42. The smallest absolute Gasteiger partial charge is 0.321 e. The van der Waals surface area contributed by atoms with E-state index in [4.69, 9.17) is 4.74 Å². The second-order valence-corrected chi connectivity index (χ2v) is 9.68. The number of esters is 1. The van der Waals surface area contributed by atoms with Crippen molar-refractivity contribution in [3.8, 4) is 0 Å². The Morgan fingerprint density at radius 2 is 1.32 bits per heavy atom. The van der Waals surface area contributed by atoms with Gasteiger partial charge in [-0.05, 0) is 24.5 Å². The molecule has 3 fully saturated rings. The zero-order chi connectivity index (χ0) is 19.5. The molecule has 3 heteroatoms. The van der Waals surface area contributed by atoms with Crippen LogP contribution in [0.4, 0.5) is 0 Å². The number of rotatable bonds is 4. The fourth-order valence-electron chi connectivity index (χ4n) is 6.19. The van der Waals surface area contributed by atoms with Crippen LogP contribution in [0.25, 0.3) is 0 Å². The standard InChI is InChI=1S/C25H30NO2/c1-25(17-10-6-4-7-11-17,18-12-8-5-9-13-18)24(27)28-19-14-22-20-16-21(20)23(15-19)26(22,2)3/h4-13,19-23H,14-16H2,1-3H3/q+1/t19?,20-,21?,22?,23?/m1/s1. The molecule has 4 unspecified atom stereocenters. The van der Waals surface area contributed by atoms with Crippen LogP contribution in [-0.2, 0) is 14.9 Å². The first-order chi connectivity index (χ1) is 13.4. The van der Waals surface area contributed by atoms with E-state index in [1.807, 2.05) is 67.6 Å². The van der Waals surface area contributed by atoms with Crippen molar-refractivity contribution >= 4 is 5.97 Å². The lowest BCUT2D eigenvalue weighted by atomic mass is 9.76. The van der Waals surface area contributed by atoms with Crippen LogP contribution in [0.3, 0.4) is 0 Å². The lowest BCUT2D eigenvalue weighted by Gasteiger charge is -2.46. The maximum Gasteiger partial charge on any atom is 0.321 e. The van der Waals surface area contributed by atoms with Crippen LogP contribution in [0.5, 0.6) is 0 Å². The van der Waals surface area contributed by atoms with E-state index >= 15 is 0 Å². The van der Waals surface area contributed by atoms with Gasteiger partial charge in [-0.15, -0.1) is 0 Å². The van der Waals surface area contributed by atoms with E-state index in [1.54, 1.807) is 0 Å². The van der Waals surface area contributed by atoms with E-state index < -0.39 is 5.41 Å². The lowest BCUT2D eigenvalue weighted by molar-refractivity contribution is -0.937. The van der Waals surface area contributed by atoms with Crippen molar-refractivity contribution in [3.63, 3.8) is 0 Å². The highest BCUT2D eigenvalue weighted by molar-refractivity contribution is 5.87. The van der Waals surface area contributed by atoms with Crippen molar-refractivity contribution in [1.82, 2.24) is 0 Å². The molecular weight excluding hydrogens is 346 g/mol. The Hall–Kier alpha value is -2.13. The molecule has 2 heterocycles. The third kappa shape index (κ3) is 2.56. The van der Waals surface area contributed by atoms with Gasteiger partial charge in [0.15, 0.2) is 0 Å². The molecule has 0 aromatic heterocycles. The molecule has 3 nitrogen and oxygen atoms in total. The highest BCUT2D eigenvalue weighted by Crippen LogP contribution is 2.61. The van der Waals surface area contributed by atoms with E-state index in [-0.39, 0.29) is 12.1 Å². The third-order valence-electron chi connectivity index (χ3n) is 7.98. The Bertz CT molecular complexity index is 816. The maximum atomic E-state index is 13.6. The monoisotopic (exact) mass is 376 g/mol. The van der Waals surface area contributed by atoms with Crippen molar-refractivity contribution < 1.29 is 14.0 Å². The summed E-state index contributed by atoms with van der Waals surface area (Å²) in [5, 5.41) is 0. The number of nitrogens with zero attached hydrogens (tertiary/aromatic N) is 1. The summed E-state index contributed by atoms with van der Waals surface area (Å²) in [6.07, 6.45) is 3.46. The van der Waals surface area contributed by atoms with Crippen molar-refractivity contribution in [2.45, 2.75) is 49.8 Å². The molecular formula is C25H30NO2+. The highest BCUT2D eigenvalue weighted by Gasteiger charge is 2.68. The average Bonchev–Trinajstić information content (AvgIpc) is 3.47. The molecule has 1 saturated carbocycles. The van der Waals surface area contributed by atoms with E-state index in [0.29, 0.717) is 12.1 Å². The van der Waals surface area contributed by atoms with Crippen LogP contribution >= 0.6 is 0 Å². The minimum absolute atomic E-state index is 0.0493. The summed E-state index contributed by atoms with van der Waals surface area (Å²) in [6, 6.07) is 21.4. The Labute approximate surface area is 167 Å². The average molecular weight is 377 g/mol. The van der Waals surface area contributed by atoms with E-state index in [2.05, 4.69) is 14.1 Å². The summed E-state index contributed by atoms with van der Waals surface area (Å²) in [7, 11) is 4.75. The van der Waals surface area contributed by atoms with Gasteiger partial charge in [-0.2, -0.15) is 0 Å². The van der Waals surface area contributed by atoms with E-state index in [1.165, 1.54) is 6.42 Å². The van der Waals surface area contributed by atoms with Gasteiger partial charge in [-0.3, -0.25) is 4.79 Å². The molecule has 1 aliphatic carbocycles. The summed E-state index contributed by atoms with van der Waals surface area (Å²) < 4.78 is 7.38. The van der Waals surface area contributed by atoms with Crippen LogP contribution in [0.1, 0.15) is 37.3 Å². The molecule has 2 aromatic carbocycles. The van der Waals surface area contributed by atoms with E-state index in [0.717, 1.165) is 40.3 Å². The van der Waals surface area contributed by atoms with Gasteiger partial charge < -0.3 is 9.22 Å². The fraction of sp³-hybridized carbons (Fsp3) is 0.480. The number of ether oxygens (including phenoxy) is 1. The van der Waals surface area contributed by atoms with Gasteiger partial charge in [-0.25, -0.2) is 0 Å². The van der Waals surface area contributed by atoms with Crippen molar-refractivity contribution in [1.29, 1.82) is 0 Å². The van der Waals surface area contributed by atoms with Gasteiger partial charge in [0.1, 0.15) is 11.5 Å². The van der Waals surface area contributed by atoms with Crippen LogP contribution in [0.15, 0.2) is 60.7 Å². The molecule has 5 atom stereocenters. The quantitative estimate of drug-likeness (QED) is 0.592. The third-order valence-corrected chi connectivity index (χ3v) is 7.98. The molecule has 2 aliphatic heterocycles. The molecule has 2 aromatic rings. The van der Waals surface area contributed by atoms with Crippen LogP contribution < -0.4 is 0 Å². The number of hydrogen-bond donors (Lipinski definition) is 0. The molecule has 0 amide bonds. The first kappa shape index (κ1) is 17.9. The molecule has 0 radical (unpaired) electrons. The molecule has 2 bridgehead atoms. The van der Waals surface area contributed by atoms with Crippen molar-refractivity contribution in [2.24, 2.45) is 11.8 Å². The summed E-state index contributed by atoms with van der Waals surface area (Å²) in [5.74, 6) is 1.60. The second-order valence-electron chi connectivity index (χ2n) is 9.68.